The molecule has 0 aliphatic carbocycles. The molecule has 5 heteroatoms. The minimum absolute atomic E-state index is 0.249. The van der Waals surface area contributed by atoms with E-state index < -0.39 is 6.10 Å². The lowest BCUT2D eigenvalue weighted by atomic mass is 9.89. The topological polar surface area (TPSA) is 50.8 Å². The number of nitrogens with one attached hydrogen (secondary N) is 1. The van der Waals surface area contributed by atoms with Gasteiger partial charge >= 0.3 is 5.97 Å². The zero-order valence-electron chi connectivity index (χ0n) is 11.3. The van der Waals surface area contributed by atoms with Gasteiger partial charge in [0.25, 0.3) is 0 Å². The summed E-state index contributed by atoms with van der Waals surface area (Å²) in [7, 11) is 0. The first-order valence-corrected chi connectivity index (χ1v) is 6.24. The summed E-state index contributed by atoms with van der Waals surface area (Å²) in [5.74, 6) is -0.291. The van der Waals surface area contributed by atoms with E-state index in [2.05, 4.69) is 5.32 Å². The van der Waals surface area contributed by atoms with Crippen LogP contribution in [0.25, 0.3) is 0 Å². The summed E-state index contributed by atoms with van der Waals surface area (Å²) in [6, 6.07) is 0. The van der Waals surface area contributed by atoms with Crippen LogP contribution in [0.4, 0.5) is 0 Å². The second kappa shape index (κ2) is 6.33. The van der Waals surface area contributed by atoms with Crippen LogP contribution in [0, 0.1) is 5.41 Å². The molecule has 0 bridgehead atoms. The molecule has 1 aliphatic heterocycles. The monoisotopic (exact) mass is 244 g/mol. The summed E-state index contributed by atoms with van der Waals surface area (Å²) in [5.41, 5.74) is -0.249. The maximum Gasteiger partial charge on any atom is 0.354 e. The van der Waals surface area contributed by atoms with Crippen molar-refractivity contribution in [3.8, 4) is 0 Å². The van der Waals surface area contributed by atoms with Gasteiger partial charge in [-0.25, -0.2) is 4.79 Å². The average Bonchev–Trinajstić information content (AvgIpc) is 2.25. The smallest absolute Gasteiger partial charge is 0.354 e. The van der Waals surface area contributed by atoms with Crippen molar-refractivity contribution >= 4 is 5.97 Å². The molecule has 1 aliphatic rings. The van der Waals surface area contributed by atoms with Crippen LogP contribution >= 0.6 is 0 Å². The standard InChI is InChI=1S/C12H24N2O3/c1-5-16-10(12(2,3)4)11(15)17-14-8-6-13-7-9-14/h10,13H,5-9H2,1-4H3. The Morgan fingerprint density at radius 1 is 1.35 bits per heavy atom. The zero-order valence-corrected chi connectivity index (χ0v) is 11.3. The number of hydrogen-bond donors (Lipinski definition) is 1. The van der Waals surface area contributed by atoms with E-state index in [0.717, 1.165) is 26.2 Å². The molecule has 1 saturated heterocycles. The van der Waals surface area contributed by atoms with Gasteiger partial charge in [-0.3, -0.25) is 0 Å². The van der Waals surface area contributed by atoms with Crippen LogP contribution in [-0.4, -0.2) is 49.9 Å². The molecule has 1 rings (SSSR count). The predicted octanol–water partition coefficient (Wildman–Crippen LogP) is 0.801. The molecule has 0 aromatic heterocycles. The maximum atomic E-state index is 12.0. The highest BCUT2D eigenvalue weighted by Crippen LogP contribution is 2.23. The van der Waals surface area contributed by atoms with Gasteiger partial charge in [0, 0.05) is 32.8 Å². The lowest BCUT2D eigenvalue weighted by Gasteiger charge is -2.32. The zero-order chi connectivity index (χ0) is 12.9. The van der Waals surface area contributed by atoms with E-state index in [1.165, 1.54) is 0 Å². The number of ether oxygens (including phenoxy) is 1. The molecule has 0 aromatic rings. The van der Waals surface area contributed by atoms with Gasteiger partial charge in [0.15, 0.2) is 6.10 Å². The van der Waals surface area contributed by atoms with E-state index in [4.69, 9.17) is 9.57 Å². The van der Waals surface area contributed by atoms with Crippen molar-refractivity contribution in [1.82, 2.24) is 10.4 Å². The van der Waals surface area contributed by atoms with Gasteiger partial charge < -0.3 is 14.9 Å². The number of hydroxylamine groups is 2. The lowest BCUT2D eigenvalue weighted by molar-refractivity contribution is -0.211. The largest absolute Gasteiger partial charge is 0.366 e. The van der Waals surface area contributed by atoms with Gasteiger partial charge in [-0.1, -0.05) is 20.8 Å². The lowest BCUT2D eigenvalue weighted by Crippen LogP contribution is -2.48. The molecule has 0 radical (unpaired) electrons. The van der Waals surface area contributed by atoms with Crippen molar-refractivity contribution in [3.63, 3.8) is 0 Å². The van der Waals surface area contributed by atoms with E-state index in [9.17, 15) is 4.79 Å². The molecule has 17 heavy (non-hydrogen) atoms. The molecule has 0 amide bonds. The van der Waals surface area contributed by atoms with E-state index in [1.807, 2.05) is 27.7 Å². The highest BCUT2D eigenvalue weighted by Gasteiger charge is 2.34. The Kier molecular flexibility index (Phi) is 5.36. The third-order valence-corrected chi connectivity index (χ3v) is 2.63. The van der Waals surface area contributed by atoms with Gasteiger partial charge in [-0.05, 0) is 12.3 Å². The number of rotatable bonds is 4. The van der Waals surface area contributed by atoms with Crippen LogP contribution in [0.3, 0.4) is 0 Å². The molecule has 1 atom stereocenters. The van der Waals surface area contributed by atoms with Crippen molar-refractivity contribution in [1.29, 1.82) is 0 Å². The first kappa shape index (κ1) is 14.4. The molecule has 100 valence electrons. The Labute approximate surface area is 103 Å². The number of hydrogen-bond acceptors (Lipinski definition) is 5. The molecule has 0 spiro atoms. The third kappa shape index (κ3) is 4.61. The molecule has 1 unspecified atom stereocenters. The second-order valence-corrected chi connectivity index (χ2v) is 5.29. The molecule has 1 fully saturated rings. The molecule has 0 saturated carbocycles. The first-order chi connectivity index (χ1) is 7.95. The van der Waals surface area contributed by atoms with E-state index in [1.54, 1.807) is 5.06 Å². The van der Waals surface area contributed by atoms with Crippen LogP contribution in [-0.2, 0) is 14.4 Å². The van der Waals surface area contributed by atoms with Gasteiger partial charge in [0.2, 0.25) is 0 Å². The van der Waals surface area contributed by atoms with Crippen LogP contribution in [0.5, 0.6) is 0 Å². The number of nitrogens with zero attached hydrogens (tertiary/aromatic N) is 1. The maximum absolute atomic E-state index is 12.0. The van der Waals surface area contributed by atoms with Gasteiger partial charge in [-0.2, -0.15) is 0 Å². The number of carbonyl (C=O) groups is 1. The highest BCUT2D eigenvalue weighted by atomic mass is 16.7. The Morgan fingerprint density at radius 2 is 1.94 bits per heavy atom. The minimum Gasteiger partial charge on any atom is -0.366 e. The van der Waals surface area contributed by atoms with Gasteiger partial charge in [0.05, 0.1) is 0 Å². The van der Waals surface area contributed by atoms with Crippen molar-refractivity contribution in [2.45, 2.75) is 33.8 Å². The number of carbonyl (C=O) groups excluding carboxylic acids is 1. The SMILES string of the molecule is CCOC(C(=O)ON1CCNCC1)C(C)(C)C. The molecule has 5 nitrogen and oxygen atoms in total. The number of piperazine rings is 1. The first-order valence-electron chi connectivity index (χ1n) is 6.24. The van der Waals surface area contributed by atoms with Crippen LogP contribution in [0.15, 0.2) is 0 Å². The van der Waals surface area contributed by atoms with Crippen LogP contribution in [0.1, 0.15) is 27.7 Å². The minimum atomic E-state index is -0.512. The van der Waals surface area contributed by atoms with Crippen LogP contribution < -0.4 is 5.32 Å². The summed E-state index contributed by atoms with van der Waals surface area (Å²) >= 11 is 0. The summed E-state index contributed by atoms with van der Waals surface area (Å²) in [6.07, 6.45) is -0.512. The van der Waals surface area contributed by atoms with Crippen LogP contribution in [0.2, 0.25) is 0 Å². The average molecular weight is 244 g/mol. The fourth-order valence-electron chi connectivity index (χ4n) is 1.75. The predicted molar refractivity (Wildman–Crippen MR) is 65.4 cm³/mol. The second-order valence-electron chi connectivity index (χ2n) is 5.29. The Morgan fingerprint density at radius 3 is 2.41 bits per heavy atom. The Bertz CT molecular complexity index is 245. The summed E-state index contributed by atoms with van der Waals surface area (Å²) in [6.45, 7) is 11.5. The highest BCUT2D eigenvalue weighted by molar-refractivity contribution is 5.75. The summed E-state index contributed by atoms with van der Waals surface area (Å²) in [4.78, 5) is 17.4. The van der Waals surface area contributed by atoms with Crippen molar-refractivity contribution in [3.05, 3.63) is 0 Å². The summed E-state index contributed by atoms with van der Waals surface area (Å²) < 4.78 is 5.49. The van der Waals surface area contributed by atoms with E-state index in [0.29, 0.717) is 6.61 Å². The molecule has 0 aromatic carbocycles. The fraction of sp³-hybridized carbons (Fsp3) is 0.917. The third-order valence-electron chi connectivity index (χ3n) is 2.63. The van der Waals surface area contributed by atoms with E-state index in [-0.39, 0.29) is 11.4 Å². The molecular weight excluding hydrogens is 220 g/mol. The van der Waals surface area contributed by atoms with Gasteiger partial charge in [0.1, 0.15) is 0 Å². The molecular formula is C12H24N2O3. The fourth-order valence-corrected chi connectivity index (χ4v) is 1.75. The Hall–Kier alpha value is -0.650. The normalized spacial score (nSPS) is 20.0. The van der Waals surface area contributed by atoms with Gasteiger partial charge in [-0.15, -0.1) is 5.06 Å². The summed E-state index contributed by atoms with van der Waals surface area (Å²) in [5, 5.41) is 4.91. The Balaban J connectivity index is 2.52. The van der Waals surface area contributed by atoms with E-state index >= 15 is 0 Å². The van der Waals surface area contributed by atoms with Crippen molar-refractivity contribution in [2.75, 3.05) is 32.8 Å². The molecule has 1 heterocycles. The van der Waals surface area contributed by atoms with Crippen molar-refractivity contribution < 1.29 is 14.4 Å². The molecule has 1 N–H and O–H groups in total. The quantitative estimate of drug-likeness (QED) is 0.793. The van der Waals surface area contributed by atoms with Crippen molar-refractivity contribution in [2.24, 2.45) is 5.41 Å².